The summed E-state index contributed by atoms with van der Waals surface area (Å²) in [6, 6.07) is 0.629. The molecule has 1 N–H and O–H groups in total. The molecular formula is C8H4F3N3O2S. The molecule has 2 aromatic heterocycles. The second kappa shape index (κ2) is 4.17. The standard InChI is InChI=1S/C8H4F3N3O2S/c9-8(10,11)5-1-4(3-16-5)7(15)13-6-2-12-14-17-6/h1-3H,(H,13,15). The van der Waals surface area contributed by atoms with Crippen molar-refractivity contribution >= 4 is 22.4 Å². The van der Waals surface area contributed by atoms with Crippen LogP contribution in [-0.2, 0) is 6.18 Å². The van der Waals surface area contributed by atoms with E-state index in [0.29, 0.717) is 11.1 Å². The lowest BCUT2D eigenvalue weighted by Crippen LogP contribution is -2.10. The van der Waals surface area contributed by atoms with Crippen molar-refractivity contribution in [1.82, 2.24) is 9.59 Å². The maximum atomic E-state index is 12.2. The van der Waals surface area contributed by atoms with Gasteiger partial charge in [-0.25, -0.2) is 0 Å². The fourth-order valence-electron chi connectivity index (χ4n) is 1.01. The quantitative estimate of drug-likeness (QED) is 0.903. The van der Waals surface area contributed by atoms with Crippen molar-refractivity contribution in [3.05, 3.63) is 29.9 Å². The molecular weight excluding hydrogens is 259 g/mol. The predicted molar refractivity (Wildman–Crippen MR) is 51.6 cm³/mol. The summed E-state index contributed by atoms with van der Waals surface area (Å²) in [6.07, 6.45) is -2.58. The van der Waals surface area contributed by atoms with Gasteiger partial charge in [0.25, 0.3) is 5.91 Å². The highest BCUT2D eigenvalue weighted by Crippen LogP contribution is 2.30. The normalized spacial score (nSPS) is 11.5. The number of carbonyl (C=O) groups is 1. The van der Waals surface area contributed by atoms with Crippen LogP contribution < -0.4 is 5.32 Å². The third-order valence-electron chi connectivity index (χ3n) is 1.74. The Balaban J connectivity index is 2.13. The molecule has 0 unspecified atom stereocenters. The maximum absolute atomic E-state index is 12.2. The molecule has 17 heavy (non-hydrogen) atoms. The van der Waals surface area contributed by atoms with Gasteiger partial charge in [0.1, 0.15) is 11.3 Å². The molecule has 1 amide bonds. The van der Waals surface area contributed by atoms with E-state index in [1.165, 1.54) is 6.20 Å². The number of halogens is 3. The Hall–Kier alpha value is -1.90. The third-order valence-corrected chi connectivity index (χ3v) is 2.32. The summed E-state index contributed by atoms with van der Waals surface area (Å²) in [7, 11) is 0. The van der Waals surface area contributed by atoms with Gasteiger partial charge < -0.3 is 9.73 Å². The number of furan rings is 1. The Bertz CT molecular complexity index is 520. The van der Waals surface area contributed by atoms with Crippen LogP contribution in [0.2, 0.25) is 0 Å². The van der Waals surface area contributed by atoms with Crippen LogP contribution >= 0.6 is 11.5 Å². The van der Waals surface area contributed by atoms with E-state index in [4.69, 9.17) is 0 Å². The van der Waals surface area contributed by atoms with Crippen molar-refractivity contribution in [3.63, 3.8) is 0 Å². The number of hydrogen-bond donors (Lipinski definition) is 1. The lowest BCUT2D eigenvalue weighted by molar-refractivity contribution is -0.153. The van der Waals surface area contributed by atoms with Crippen LogP contribution in [0.15, 0.2) is 22.9 Å². The van der Waals surface area contributed by atoms with Gasteiger partial charge >= 0.3 is 6.18 Å². The molecule has 5 nitrogen and oxygen atoms in total. The first-order chi connectivity index (χ1) is 7.97. The Kier molecular flexibility index (Phi) is 2.84. The molecule has 0 aromatic carbocycles. The van der Waals surface area contributed by atoms with Crippen LogP contribution in [0.4, 0.5) is 18.2 Å². The summed E-state index contributed by atoms with van der Waals surface area (Å²) < 4.78 is 44.3. The van der Waals surface area contributed by atoms with E-state index in [0.717, 1.165) is 17.8 Å². The third kappa shape index (κ3) is 2.61. The van der Waals surface area contributed by atoms with Crippen LogP contribution in [0, 0.1) is 0 Å². The van der Waals surface area contributed by atoms with Crippen molar-refractivity contribution in [1.29, 1.82) is 0 Å². The highest BCUT2D eigenvalue weighted by molar-refractivity contribution is 7.10. The number of nitrogens with zero attached hydrogens (tertiary/aromatic N) is 2. The van der Waals surface area contributed by atoms with E-state index >= 15 is 0 Å². The SMILES string of the molecule is O=C(Nc1cnns1)c1coc(C(F)(F)F)c1. The first-order valence-corrected chi connectivity index (χ1v) is 4.98. The van der Waals surface area contributed by atoms with E-state index in [2.05, 4.69) is 19.3 Å². The minimum absolute atomic E-state index is 0.217. The van der Waals surface area contributed by atoms with E-state index in [1.54, 1.807) is 0 Å². The largest absolute Gasteiger partial charge is 0.459 e. The highest BCUT2D eigenvalue weighted by atomic mass is 32.1. The fourth-order valence-corrected chi connectivity index (χ4v) is 1.43. The number of anilines is 1. The molecule has 0 aliphatic heterocycles. The molecule has 0 aliphatic carbocycles. The maximum Gasteiger partial charge on any atom is 0.449 e. The molecule has 9 heteroatoms. The second-order valence-electron chi connectivity index (χ2n) is 2.93. The van der Waals surface area contributed by atoms with Crippen molar-refractivity contribution in [3.8, 4) is 0 Å². The van der Waals surface area contributed by atoms with Gasteiger partial charge in [-0.1, -0.05) is 4.49 Å². The van der Waals surface area contributed by atoms with Gasteiger partial charge in [-0.05, 0) is 0 Å². The number of amides is 1. The summed E-state index contributed by atoms with van der Waals surface area (Å²) in [5.41, 5.74) is -0.217. The van der Waals surface area contributed by atoms with Crippen LogP contribution in [0.3, 0.4) is 0 Å². The van der Waals surface area contributed by atoms with Crippen LogP contribution in [0.1, 0.15) is 16.1 Å². The molecule has 2 rings (SSSR count). The predicted octanol–water partition coefficient (Wildman–Crippen LogP) is 2.40. The van der Waals surface area contributed by atoms with Gasteiger partial charge in [-0.2, -0.15) is 13.2 Å². The topological polar surface area (TPSA) is 68.0 Å². The van der Waals surface area contributed by atoms with E-state index in [1.807, 2.05) is 0 Å². The van der Waals surface area contributed by atoms with Crippen LogP contribution in [0.5, 0.6) is 0 Å². The zero-order valence-electron chi connectivity index (χ0n) is 7.99. The molecule has 90 valence electrons. The van der Waals surface area contributed by atoms with Gasteiger partial charge in [0.15, 0.2) is 0 Å². The molecule has 2 heterocycles. The van der Waals surface area contributed by atoms with Gasteiger partial charge in [-0.3, -0.25) is 4.79 Å². The zero-order chi connectivity index (χ0) is 12.5. The molecule has 0 bridgehead atoms. The van der Waals surface area contributed by atoms with Crippen molar-refractivity contribution in [2.45, 2.75) is 6.18 Å². The first-order valence-electron chi connectivity index (χ1n) is 4.21. The molecule has 0 saturated carbocycles. The van der Waals surface area contributed by atoms with E-state index in [9.17, 15) is 18.0 Å². The van der Waals surface area contributed by atoms with Gasteiger partial charge in [0.2, 0.25) is 5.76 Å². The highest BCUT2D eigenvalue weighted by Gasteiger charge is 2.35. The van der Waals surface area contributed by atoms with Gasteiger partial charge in [0, 0.05) is 17.6 Å². The Labute approximate surface area is 96.4 Å². The van der Waals surface area contributed by atoms with Gasteiger partial charge in [-0.15, -0.1) is 5.10 Å². The molecule has 2 aromatic rings. The number of alkyl halides is 3. The first kappa shape index (κ1) is 11.6. The monoisotopic (exact) mass is 263 g/mol. The summed E-state index contributed by atoms with van der Waals surface area (Å²) in [5, 5.41) is 6.13. The lowest BCUT2D eigenvalue weighted by Gasteiger charge is -1.99. The minimum atomic E-state index is -4.61. The number of rotatable bonds is 2. The number of nitrogens with one attached hydrogen (secondary N) is 1. The Morgan fingerprint density at radius 3 is 2.76 bits per heavy atom. The average Bonchev–Trinajstić information content (AvgIpc) is 2.85. The summed E-state index contributed by atoms with van der Waals surface area (Å²) in [5.74, 6) is -1.93. The molecule has 0 fully saturated rings. The number of carbonyl (C=O) groups excluding carboxylic acids is 1. The van der Waals surface area contributed by atoms with Crippen molar-refractivity contribution in [2.75, 3.05) is 5.32 Å². The van der Waals surface area contributed by atoms with E-state index < -0.39 is 17.8 Å². The van der Waals surface area contributed by atoms with Gasteiger partial charge in [0.05, 0.1) is 11.8 Å². The Morgan fingerprint density at radius 2 is 2.24 bits per heavy atom. The Morgan fingerprint density at radius 1 is 1.47 bits per heavy atom. The molecule has 0 saturated heterocycles. The van der Waals surface area contributed by atoms with Crippen LogP contribution in [0.25, 0.3) is 0 Å². The van der Waals surface area contributed by atoms with Crippen molar-refractivity contribution < 1.29 is 22.4 Å². The molecule has 0 radical (unpaired) electrons. The molecule has 0 atom stereocenters. The van der Waals surface area contributed by atoms with Crippen LogP contribution in [-0.4, -0.2) is 15.5 Å². The number of aromatic nitrogens is 2. The summed E-state index contributed by atoms with van der Waals surface area (Å²) >= 11 is 0.912. The second-order valence-corrected chi connectivity index (χ2v) is 3.72. The number of hydrogen-bond acceptors (Lipinski definition) is 5. The zero-order valence-corrected chi connectivity index (χ0v) is 8.80. The summed E-state index contributed by atoms with van der Waals surface area (Å²) in [6.45, 7) is 0. The summed E-state index contributed by atoms with van der Waals surface area (Å²) in [4.78, 5) is 11.5. The van der Waals surface area contributed by atoms with E-state index in [-0.39, 0.29) is 5.56 Å². The molecule has 0 spiro atoms. The fraction of sp³-hybridized carbons (Fsp3) is 0.125. The average molecular weight is 263 g/mol. The lowest BCUT2D eigenvalue weighted by atomic mass is 10.3. The smallest absolute Gasteiger partial charge is 0.449 e. The minimum Gasteiger partial charge on any atom is -0.459 e. The van der Waals surface area contributed by atoms with Crippen molar-refractivity contribution in [2.24, 2.45) is 0 Å². The molecule has 0 aliphatic rings.